The van der Waals surface area contributed by atoms with E-state index in [-0.39, 0.29) is 27.8 Å². The predicted molar refractivity (Wildman–Crippen MR) is 132 cm³/mol. The van der Waals surface area contributed by atoms with Crippen molar-refractivity contribution in [1.29, 1.82) is 0 Å². The largest absolute Gasteiger partial charge is 0.495 e. The number of unbranched alkanes of at least 4 members (excludes halogenated alkanes) is 1. The number of carbonyl (C=O) groups is 1. The fourth-order valence-corrected chi connectivity index (χ4v) is 3.61. The molecule has 0 aliphatic carbocycles. The molecule has 0 bridgehead atoms. The Morgan fingerprint density at radius 2 is 1.85 bits per heavy atom. The zero-order valence-corrected chi connectivity index (χ0v) is 20.7. The molecule has 0 aliphatic heterocycles. The van der Waals surface area contributed by atoms with Crippen LogP contribution < -0.4 is 15.4 Å². The van der Waals surface area contributed by atoms with Gasteiger partial charge in [-0.05, 0) is 35.3 Å². The molecular formula is C21H25BrN6O6. The molecule has 0 fully saturated rings. The van der Waals surface area contributed by atoms with E-state index in [9.17, 15) is 25.0 Å². The first-order valence-corrected chi connectivity index (χ1v) is 11.2. The van der Waals surface area contributed by atoms with Gasteiger partial charge in [-0.1, -0.05) is 19.8 Å². The number of nitro benzene ring substituents is 2. The van der Waals surface area contributed by atoms with Gasteiger partial charge in [-0.15, -0.1) is 10.2 Å². The Morgan fingerprint density at radius 1 is 1.15 bits per heavy atom. The molecule has 2 aromatic carbocycles. The summed E-state index contributed by atoms with van der Waals surface area (Å²) >= 11 is 3.09. The summed E-state index contributed by atoms with van der Waals surface area (Å²) in [4.78, 5) is 32.8. The highest BCUT2D eigenvalue weighted by molar-refractivity contribution is 9.10. The fraction of sp³-hybridized carbons (Fsp3) is 0.381. The Labute approximate surface area is 204 Å². The number of nitrogens with one attached hydrogen (secondary N) is 2. The van der Waals surface area contributed by atoms with Gasteiger partial charge in [0, 0.05) is 25.1 Å². The number of methoxy groups -OCH3 is 1. The molecule has 1 unspecified atom stereocenters. The number of carbonyl (C=O) groups excluding carboxylic acids is 1. The summed E-state index contributed by atoms with van der Waals surface area (Å²) in [5.74, 6) is 0.0813. The van der Waals surface area contributed by atoms with Gasteiger partial charge in [-0.25, -0.2) is 0 Å². The summed E-state index contributed by atoms with van der Waals surface area (Å²) in [7, 11) is 1.48. The van der Waals surface area contributed by atoms with Crippen LogP contribution in [-0.4, -0.2) is 28.9 Å². The number of hydrogen-bond donors (Lipinski definition) is 2. The summed E-state index contributed by atoms with van der Waals surface area (Å²) in [5, 5.41) is 36.6. The number of rotatable bonds is 11. The Balaban J connectivity index is 2.55. The monoisotopic (exact) mass is 536 g/mol. The number of nitro groups is 2. The minimum Gasteiger partial charge on any atom is -0.495 e. The lowest BCUT2D eigenvalue weighted by Crippen LogP contribution is -2.16. The number of nitrogens with zero attached hydrogens (tertiary/aromatic N) is 4. The molecule has 0 heterocycles. The van der Waals surface area contributed by atoms with E-state index in [0.717, 1.165) is 31.4 Å². The standard InChI is InChI=1S/C21H25BrN6O6/c1-5-6-7-12(2)23-18-10-16(24-13(3)29)17(11-20(18)34-4)25-26-21-15(22)8-14(27(30)31)9-19(21)28(32)33/h8-12,23H,5-7H2,1-4H3,(H,24,29). The van der Waals surface area contributed by atoms with E-state index in [1.807, 2.05) is 6.92 Å². The van der Waals surface area contributed by atoms with Gasteiger partial charge in [-0.3, -0.25) is 25.0 Å². The second kappa shape index (κ2) is 12.0. The molecule has 0 aliphatic rings. The number of ether oxygens (including phenoxy) is 1. The Morgan fingerprint density at radius 3 is 2.41 bits per heavy atom. The summed E-state index contributed by atoms with van der Waals surface area (Å²) < 4.78 is 5.48. The molecule has 0 radical (unpaired) electrons. The normalized spacial score (nSPS) is 11.8. The second-order valence-electron chi connectivity index (χ2n) is 7.45. The van der Waals surface area contributed by atoms with E-state index >= 15 is 0 Å². The molecule has 34 heavy (non-hydrogen) atoms. The van der Waals surface area contributed by atoms with Crippen molar-refractivity contribution < 1.29 is 19.4 Å². The number of amides is 1. The van der Waals surface area contributed by atoms with E-state index in [0.29, 0.717) is 17.1 Å². The van der Waals surface area contributed by atoms with Crippen LogP contribution in [0, 0.1) is 20.2 Å². The van der Waals surface area contributed by atoms with Crippen molar-refractivity contribution in [2.24, 2.45) is 10.2 Å². The van der Waals surface area contributed by atoms with Crippen LogP contribution in [0.3, 0.4) is 0 Å². The molecule has 0 saturated carbocycles. The van der Waals surface area contributed by atoms with Gasteiger partial charge in [0.15, 0.2) is 5.69 Å². The molecule has 182 valence electrons. The summed E-state index contributed by atoms with van der Waals surface area (Å²) in [6, 6.07) is 5.23. The van der Waals surface area contributed by atoms with Crippen LogP contribution in [0.25, 0.3) is 0 Å². The van der Waals surface area contributed by atoms with Crippen molar-refractivity contribution in [3.8, 4) is 5.75 Å². The van der Waals surface area contributed by atoms with E-state index in [1.54, 1.807) is 6.07 Å². The lowest BCUT2D eigenvalue weighted by atomic mass is 10.1. The van der Waals surface area contributed by atoms with Gasteiger partial charge in [0.05, 0.1) is 38.9 Å². The lowest BCUT2D eigenvalue weighted by Gasteiger charge is -2.19. The van der Waals surface area contributed by atoms with Gasteiger partial charge >= 0.3 is 5.69 Å². The third-order valence-corrected chi connectivity index (χ3v) is 5.32. The molecule has 2 aromatic rings. The molecule has 0 aromatic heterocycles. The minimum atomic E-state index is -0.786. The van der Waals surface area contributed by atoms with Gasteiger partial charge in [0.2, 0.25) is 5.91 Å². The van der Waals surface area contributed by atoms with Crippen molar-refractivity contribution in [2.45, 2.75) is 46.1 Å². The first kappa shape index (κ1) is 26.6. The maximum atomic E-state index is 11.8. The third-order valence-electron chi connectivity index (χ3n) is 4.71. The van der Waals surface area contributed by atoms with Crippen molar-refractivity contribution in [3.05, 3.63) is 49.0 Å². The van der Waals surface area contributed by atoms with Crippen molar-refractivity contribution in [2.75, 3.05) is 17.7 Å². The maximum Gasteiger partial charge on any atom is 0.304 e. The van der Waals surface area contributed by atoms with E-state index in [1.165, 1.54) is 20.1 Å². The molecule has 13 heteroatoms. The smallest absolute Gasteiger partial charge is 0.304 e. The quantitative estimate of drug-likeness (QED) is 0.184. The highest BCUT2D eigenvalue weighted by Crippen LogP contribution is 2.42. The van der Waals surface area contributed by atoms with Crippen LogP contribution in [0.1, 0.15) is 40.0 Å². The topological polar surface area (TPSA) is 161 Å². The molecule has 12 nitrogen and oxygen atoms in total. The Hall–Kier alpha value is -3.61. The molecular weight excluding hydrogens is 512 g/mol. The Kier molecular flexibility index (Phi) is 9.42. The third kappa shape index (κ3) is 6.94. The second-order valence-corrected chi connectivity index (χ2v) is 8.30. The minimum absolute atomic E-state index is 0.0215. The van der Waals surface area contributed by atoms with Crippen molar-refractivity contribution >= 4 is 56.0 Å². The SMILES string of the molecule is CCCCC(C)Nc1cc(NC(C)=O)c(N=Nc2c(Br)cc([N+](=O)[O-])cc2[N+](=O)[O-])cc1OC. The summed E-state index contributed by atoms with van der Waals surface area (Å²) in [6.07, 6.45) is 3.04. The van der Waals surface area contributed by atoms with Gasteiger partial charge in [0.1, 0.15) is 11.4 Å². The summed E-state index contributed by atoms with van der Waals surface area (Å²) in [6.45, 7) is 5.47. The number of hydrogen-bond acceptors (Lipinski definition) is 9. The van der Waals surface area contributed by atoms with E-state index in [2.05, 4.69) is 43.7 Å². The first-order chi connectivity index (χ1) is 16.1. The number of benzene rings is 2. The highest BCUT2D eigenvalue weighted by Gasteiger charge is 2.24. The van der Waals surface area contributed by atoms with Crippen LogP contribution in [0.2, 0.25) is 0 Å². The molecule has 1 amide bonds. The zero-order chi connectivity index (χ0) is 25.4. The Bertz CT molecular complexity index is 1120. The van der Waals surface area contributed by atoms with Gasteiger partial charge in [-0.2, -0.15) is 0 Å². The predicted octanol–water partition coefficient (Wildman–Crippen LogP) is 6.64. The number of non-ortho nitro benzene ring substituents is 1. The van der Waals surface area contributed by atoms with Crippen molar-refractivity contribution in [3.63, 3.8) is 0 Å². The van der Waals surface area contributed by atoms with Gasteiger partial charge < -0.3 is 15.4 Å². The first-order valence-electron chi connectivity index (χ1n) is 10.4. The highest BCUT2D eigenvalue weighted by atomic mass is 79.9. The number of halogens is 1. The number of anilines is 2. The average Bonchev–Trinajstić information content (AvgIpc) is 2.76. The van der Waals surface area contributed by atoms with Crippen LogP contribution in [0.15, 0.2) is 39.0 Å². The molecule has 2 rings (SSSR count). The molecule has 1 atom stereocenters. The maximum absolute atomic E-state index is 11.8. The van der Waals surface area contributed by atoms with E-state index < -0.39 is 21.2 Å². The number of azo groups is 1. The molecule has 2 N–H and O–H groups in total. The lowest BCUT2D eigenvalue weighted by molar-refractivity contribution is -0.393. The van der Waals surface area contributed by atoms with Crippen LogP contribution >= 0.6 is 15.9 Å². The van der Waals surface area contributed by atoms with Crippen molar-refractivity contribution in [1.82, 2.24) is 0 Å². The molecule has 0 spiro atoms. The van der Waals surface area contributed by atoms with Crippen LogP contribution in [0.4, 0.5) is 34.1 Å². The zero-order valence-electron chi connectivity index (χ0n) is 19.1. The average molecular weight is 537 g/mol. The fourth-order valence-electron chi connectivity index (χ4n) is 3.09. The van der Waals surface area contributed by atoms with Crippen LogP contribution in [-0.2, 0) is 4.79 Å². The van der Waals surface area contributed by atoms with E-state index in [4.69, 9.17) is 4.74 Å². The van der Waals surface area contributed by atoms with Crippen LogP contribution in [0.5, 0.6) is 5.75 Å². The van der Waals surface area contributed by atoms with Gasteiger partial charge in [0.25, 0.3) is 5.69 Å². The molecule has 0 saturated heterocycles. The summed E-state index contributed by atoms with van der Waals surface area (Å²) in [5.41, 5.74) is -0.150.